The van der Waals surface area contributed by atoms with Crippen LogP contribution < -0.4 is 10.5 Å². The molecule has 2 aliphatic carbocycles. The van der Waals surface area contributed by atoms with Crippen LogP contribution >= 0.6 is 0 Å². The van der Waals surface area contributed by atoms with Crippen LogP contribution in [0.4, 0.5) is 0 Å². The second-order valence-electron chi connectivity index (χ2n) is 13.5. The molecule has 10 atom stereocenters. The molecule has 2 aromatic rings. The third kappa shape index (κ3) is 5.40. The number of phenolic OH excluding ortho intramolecular Hbond substituents is 2. The summed E-state index contributed by atoms with van der Waals surface area (Å²) in [4.78, 5) is 40.5. The summed E-state index contributed by atoms with van der Waals surface area (Å²) in [7, 11) is 1.34. The van der Waals surface area contributed by atoms with Gasteiger partial charge in [0.05, 0.1) is 42.1 Å². The van der Waals surface area contributed by atoms with Crippen molar-refractivity contribution in [3.8, 4) is 17.2 Å². The minimum atomic E-state index is -2.09. The smallest absolute Gasteiger partial charge is 0.202 e. The van der Waals surface area contributed by atoms with Crippen molar-refractivity contribution in [2.45, 2.75) is 114 Å². The number of rotatable bonds is 6. The fraction of sp³-hybridized carbons (Fsp3) is 0.559. The van der Waals surface area contributed by atoms with E-state index in [9.17, 15) is 39.9 Å². The lowest BCUT2D eigenvalue weighted by molar-refractivity contribution is -0.312. The Morgan fingerprint density at radius 3 is 2.27 bits per heavy atom. The molecule has 2 aliphatic heterocycles. The lowest BCUT2D eigenvalue weighted by Gasteiger charge is -2.48. The number of aliphatic hydroxyl groups excluding tert-OH is 2. The number of aliphatic hydroxyl groups is 3. The van der Waals surface area contributed by atoms with Gasteiger partial charge in [-0.1, -0.05) is 12.1 Å². The Morgan fingerprint density at radius 1 is 0.979 bits per heavy atom. The van der Waals surface area contributed by atoms with Crippen LogP contribution in [-0.4, -0.2) is 105 Å². The highest BCUT2D eigenvalue weighted by Crippen LogP contribution is 2.55. The van der Waals surface area contributed by atoms with E-state index in [0.29, 0.717) is 0 Å². The molecule has 2 heterocycles. The number of Topliss-reactive ketones (excluding diaryl/α,β-unsaturated/α-hetero) is 1. The Balaban J connectivity index is 1.36. The molecule has 14 heteroatoms. The van der Waals surface area contributed by atoms with E-state index in [1.807, 2.05) is 0 Å². The fourth-order valence-electron chi connectivity index (χ4n) is 7.64. The third-order valence-corrected chi connectivity index (χ3v) is 10.1. The molecular formula is C34H41NO13. The first-order chi connectivity index (χ1) is 22.5. The van der Waals surface area contributed by atoms with Gasteiger partial charge in [-0.15, -0.1) is 0 Å². The van der Waals surface area contributed by atoms with Gasteiger partial charge >= 0.3 is 0 Å². The highest BCUT2D eigenvalue weighted by molar-refractivity contribution is 6.31. The van der Waals surface area contributed by atoms with Crippen molar-refractivity contribution >= 4 is 17.3 Å². The van der Waals surface area contributed by atoms with Crippen LogP contribution in [0.3, 0.4) is 0 Å². The van der Waals surface area contributed by atoms with Crippen molar-refractivity contribution < 1.29 is 63.6 Å². The molecule has 0 aromatic heterocycles. The first kappa shape index (κ1) is 34.4. The van der Waals surface area contributed by atoms with Gasteiger partial charge in [-0.25, -0.2) is 0 Å². The molecule has 4 aliphatic rings. The Kier molecular flexibility index (Phi) is 8.70. The van der Waals surface area contributed by atoms with E-state index in [1.54, 1.807) is 13.8 Å². The minimum absolute atomic E-state index is 0.0184. The summed E-state index contributed by atoms with van der Waals surface area (Å²) in [5.74, 6) is -3.34. The molecule has 2 aromatic carbocycles. The molecule has 2 fully saturated rings. The highest BCUT2D eigenvalue weighted by atomic mass is 16.7. The molecule has 6 rings (SSSR count). The number of aromatic hydroxyl groups is 2. The van der Waals surface area contributed by atoms with E-state index in [-0.39, 0.29) is 40.8 Å². The molecule has 2 saturated heterocycles. The number of fused-ring (bicyclic) bond motifs is 3. The van der Waals surface area contributed by atoms with Crippen LogP contribution in [0, 0.1) is 0 Å². The molecular weight excluding hydrogens is 630 g/mol. The Hall–Kier alpha value is -3.47. The van der Waals surface area contributed by atoms with Gasteiger partial charge in [0.15, 0.2) is 24.1 Å². The normalized spacial score (nSPS) is 36.2. The standard InChI is InChI=1S/C34H41NO13/c1-13-27(38)19(37)10-21(45-13)47-32-14(2)46-22(9-18(32)35)48-33(4)12-34(43,15(3)36)11-17-26(33)31(42)25-24(29(17)40)28(39)16-7-6-8-20(44-5)23(16)30(25)41/h6-8,13-14,18-19,21-22,27,32,37-38,40,42-43H,9-12,35H2,1-5H3. The van der Waals surface area contributed by atoms with Gasteiger partial charge in [0.25, 0.3) is 0 Å². The second-order valence-corrected chi connectivity index (χ2v) is 13.5. The van der Waals surface area contributed by atoms with Gasteiger partial charge < -0.3 is 55.0 Å². The van der Waals surface area contributed by atoms with E-state index in [4.69, 9.17) is 29.4 Å². The quantitative estimate of drug-likeness (QED) is 0.202. The van der Waals surface area contributed by atoms with Crippen molar-refractivity contribution in [2.75, 3.05) is 7.11 Å². The third-order valence-electron chi connectivity index (χ3n) is 10.1. The van der Waals surface area contributed by atoms with Crippen LogP contribution in [-0.2, 0) is 35.8 Å². The zero-order chi connectivity index (χ0) is 35.0. The zero-order valence-corrected chi connectivity index (χ0v) is 27.3. The number of carbonyl (C=O) groups excluding carboxylic acids is 3. The average Bonchev–Trinajstić information content (AvgIpc) is 3.01. The number of phenols is 2. The lowest BCUT2D eigenvalue weighted by Crippen LogP contribution is -2.58. The molecule has 7 N–H and O–H groups in total. The number of ketones is 3. The average molecular weight is 672 g/mol. The number of hydrogen-bond acceptors (Lipinski definition) is 14. The van der Waals surface area contributed by atoms with Crippen LogP contribution in [0.25, 0.3) is 0 Å². The van der Waals surface area contributed by atoms with E-state index in [2.05, 4.69) is 0 Å². The van der Waals surface area contributed by atoms with Crippen LogP contribution in [0.1, 0.15) is 89.9 Å². The fourth-order valence-corrected chi connectivity index (χ4v) is 7.64. The summed E-state index contributed by atoms with van der Waals surface area (Å²) in [5, 5.41) is 55.3. The Morgan fingerprint density at radius 2 is 1.65 bits per heavy atom. The van der Waals surface area contributed by atoms with Crippen LogP contribution in [0.2, 0.25) is 0 Å². The molecule has 0 bridgehead atoms. The predicted molar refractivity (Wildman–Crippen MR) is 165 cm³/mol. The van der Waals surface area contributed by atoms with Gasteiger partial charge in [-0.05, 0) is 33.8 Å². The maximum atomic E-state index is 13.9. The van der Waals surface area contributed by atoms with Crippen molar-refractivity contribution in [3.63, 3.8) is 0 Å². The largest absolute Gasteiger partial charge is 0.507 e. The van der Waals surface area contributed by atoms with Crippen molar-refractivity contribution in [2.24, 2.45) is 5.73 Å². The van der Waals surface area contributed by atoms with Gasteiger partial charge in [-0.3, -0.25) is 14.4 Å². The summed E-state index contributed by atoms with van der Waals surface area (Å²) in [6.45, 7) is 5.97. The monoisotopic (exact) mass is 671 g/mol. The summed E-state index contributed by atoms with van der Waals surface area (Å²) >= 11 is 0. The predicted octanol–water partition coefficient (Wildman–Crippen LogP) is 1.08. The molecule has 0 amide bonds. The minimum Gasteiger partial charge on any atom is -0.507 e. The van der Waals surface area contributed by atoms with Crippen molar-refractivity contribution in [1.82, 2.24) is 0 Å². The van der Waals surface area contributed by atoms with E-state index < -0.39 is 113 Å². The number of nitrogens with two attached hydrogens (primary N) is 1. The number of methoxy groups -OCH3 is 1. The first-order valence-corrected chi connectivity index (χ1v) is 15.9. The SMILES string of the molecule is COc1cccc2c1C(=O)c1c(O)c3c(c(O)c1C2=O)CC(O)(C(C)=O)CC3(C)OC1CC(N)C(OC2CC(O)C(O)C(C)O2)C(C)O1. The number of hydrogen-bond donors (Lipinski definition) is 6. The topological polar surface area (TPSA) is 225 Å². The summed E-state index contributed by atoms with van der Waals surface area (Å²) < 4.78 is 29.7. The van der Waals surface area contributed by atoms with Gasteiger partial charge in [0.1, 0.15) is 40.7 Å². The van der Waals surface area contributed by atoms with E-state index >= 15 is 0 Å². The molecule has 0 saturated carbocycles. The van der Waals surface area contributed by atoms with Gasteiger partial charge in [0, 0.05) is 48.4 Å². The number of carbonyl (C=O) groups is 3. The molecule has 260 valence electrons. The van der Waals surface area contributed by atoms with Gasteiger partial charge in [-0.2, -0.15) is 0 Å². The van der Waals surface area contributed by atoms with E-state index in [1.165, 1.54) is 39.2 Å². The van der Waals surface area contributed by atoms with Crippen LogP contribution in [0.5, 0.6) is 17.2 Å². The maximum Gasteiger partial charge on any atom is 0.202 e. The number of ether oxygens (including phenoxy) is 5. The summed E-state index contributed by atoms with van der Waals surface area (Å²) in [6, 6.07) is 3.72. The molecule has 10 unspecified atom stereocenters. The Bertz CT molecular complexity index is 1650. The first-order valence-electron chi connectivity index (χ1n) is 15.9. The summed E-state index contributed by atoms with van der Waals surface area (Å²) in [5.41, 5.74) is 1.47. The zero-order valence-electron chi connectivity index (χ0n) is 27.3. The maximum absolute atomic E-state index is 13.9. The molecule has 48 heavy (non-hydrogen) atoms. The summed E-state index contributed by atoms with van der Waals surface area (Å²) in [6.07, 6.45) is -6.96. The molecule has 0 radical (unpaired) electrons. The van der Waals surface area contributed by atoms with E-state index in [0.717, 1.165) is 0 Å². The highest BCUT2D eigenvalue weighted by Gasteiger charge is 2.54. The van der Waals surface area contributed by atoms with Crippen LogP contribution in [0.15, 0.2) is 18.2 Å². The van der Waals surface area contributed by atoms with Crippen molar-refractivity contribution in [1.29, 1.82) is 0 Å². The van der Waals surface area contributed by atoms with Gasteiger partial charge in [0.2, 0.25) is 5.78 Å². The lowest BCUT2D eigenvalue weighted by atomic mass is 9.67. The Labute approximate surface area is 276 Å². The second kappa shape index (κ2) is 12.1. The molecule has 14 nitrogen and oxygen atoms in total. The van der Waals surface area contributed by atoms with Crippen molar-refractivity contribution in [3.05, 3.63) is 51.6 Å². The number of benzene rings is 2. The molecule has 0 spiro atoms.